The number of aliphatic carboxylic acids is 1. The molecule has 1 aliphatic carbocycles. The summed E-state index contributed by atoms with van der Waals surface area (Å²) in [5.74, 6) is -0.825. The first-order valence-electron chi connectivity index (χ1n) is 6.69. The molecule has 0 saturated heterocycles. The van der Waals surface area contributed by atoms with E-state index < -0.39 is 5.97 Å². The normalized spacial score (nSPS) is 13.5. The molecule has 0 fully saturated rings. The molecule has 2 aromatic rings. The Labute approximate surface area is 118 Å². The van der Waals surface area contributed by atoms with Crippen LogP contribution in [-0.2, 0) is 11.2 Å². The number of carboxylic acid groups (broad SMARTS) is 1. The lowest BCUT2D eigenvalue weighted by Gasteiger charge is -2.08. The number of fused-ring (bicyclic) bond motifs is 1. The highest BCUT2D eigenvalue weighted by molar-refractivity contribution is 6.04. The van der Waals surface area contributed by atoms with Crippen molar-refractivity contribution in [1.29, 1.82) is 0 Å². The van der Waals surface area contributed by atoms with Gasteiger partial charge in [-0.3, -0.25) is 0 Å². The van der Waals surface area contributed by atoms with Crippen LogP contribution in [0.25, 0.3) is 5.57 Å². The maximum atomic E-state index is 11.5. The Hall–Kier alpha value is -2.35. The summed E-state index contributed by atoms with van der Waals surface area (Å²) >= 11 is 0. The molecule has 2 heteroatoms. The minimum absolute atomic E-state index is 0.495. The van der Waals surface area contributed by atoms with Crippen molar-refractivity contribution in [2.24, 2.45) is 0 Å². The third-order valence-corrected chi connectivity index (χ3v) is 3.80. The molecule has 0 radical (unpaired) electrons. The quantitative estimate of drug-likeness (QED) is 0.897. The first-order valence-corrected chi connectivity index (χ1v) is 6.69. The van der Waals surface area contributed by atoms with Crippen molar-refractivity contribution in [3.05, 3.63) is 75.9 Å². The topological polar surface area (TPSA) is 37.3 Å². The third-order valence-electron chi connectivity index (χ3n) is 3.80. The standard InChI is InChI=1S/C18H16O2/c1-11-3-6-13(7-4-11)17-15-8-5-12(2)9-14(15)10-16(17)18(19)20/h3-9H,10H2,1-2H3,(H,19,20). The summed E-state index contributed by atoms with van der Waals surface area (Å²) in [6.45, 7) is 4.06. The van der Waals surface area contributed by atoms with Gasteiger partial charge in [-0.05, 0) is 36.1 Å². The summed E-state index contributed by atoms with van der Waals surface area (Å²) in [6.07, 6.45) is 0.509. The van der Waals surface area contributed by atoms with Gasteiger partial charge in [0.1, 0.15) is 0 Å². The van der Waals surface area contributed by atoms with Crippen LogP contribution >= 0.6 is 0 Å². The van der Waals surface area contributed by atoms with Gasteiger partial charge >= 0.3 is 5.97 Å². The molecule has 0 aromatic heterocycles. The summed E-state index contributed by atoms with van der Waals surface area (Å²) in [6, 6.07) is 14.2. The van der Waals surface area contributed by atoms with Gasteiger partial charge in [0.2, 0.25) is 0 Å². The van der Waals surface area contributed by atoms with Crippen molar-refractivity contribution in [2.45, 2.75) is 20.3 Å². The van der Waals surface area contributed by atoms with Crippen molar-refractivity contribution in [1.82, 2.24) is 0 Å². The van der Waals surface area contributed by atoms with E-state index in [4.69, 9.17) is 0 Å². The van der Waals surface area contributed by atoms with Crippen molar-refractivity contribution in [3.63, 3.8) is 0 Å². The lowest BCUT2D eigenvalue weighted by molar-refractivity contribution is -0.132. The number of aryl methyl sites for hydroxylation is 2. The number of rotatable bonds is 2. The molecule has 0 aliphatic heterocycles. The van der Waals surface area contributed by atoms with Crippen LogP contribution in [0, 0.1) is 13.8 Å². The van der Waals surface area contributed by atoms with Gasteiger partial charge in [-0.2, -0.15) is 0 Å². The number of benzene rings is 2. The van der Waals surface area contributed by atoms with Crippen LogP contribution in [0.4, 0.5) is 0 Å². The van der Waals surface area contributed by atoms with Crippen LogP contribution in [0.5, 0.6) is 0 Å². The molecule has 0 heterocycles. The second kappa shape index (κ2) is 4.64. The lowest BCUT2D eigenvalue weighted by Crippen LogP contribution is -2.02. The number of hydrogen-bond donors (Lipinski definition) is 1. The Balaban J connectivity index is 2.20. The van der Waals surface area contributed by atoms with Crippen LogP contribution in [0.15, 0.2) is 48.0 Å². The minimum atomic E-state index is -0.825. The van der Waals surface area contributed by atoms with Gasteiger partial charge < -0.3 is 5.11 Å². The molecular formula is C18H16O2. The minimum Gasteiger partial charge on any atom is -0.478 e. The van der Waals surface area contributed by atoms with E-state index in [1.165, 1.54) is 11.1 Å². The van der Waals surface area contributed by atoms with Crippen LogP contribution in [-0.4, -0.2) is 11.1 Å². The van der Waals surface area contributed by atoms with Crippen molar-refractivity contribution >= 4 is 11.5 Å². The van der Waals surface area contributed by atoms with Gasteiger partial charge in [-0.1, -0.05) is 53.6 Å². The summed E-state index contributed by atoms with van der Waals surface area (Å²) in [7, 11) is 0. The van der Waals surface area contributed by atoms with E-state index in [1.807, 2.05) is 50.2 Å². The predicted molar refractivity (Wildman–Crippen MR) is 79.7 cm³/mol. The van der Waals surface area contributed by atoms with E-state index in [2.05, 4.69) is 6.07 Å². The molecule has 2 aromatic carbocycles. The Morgan fingerprint density at radius 2 is 1.65 bits per heavy atom. The van der Waals surface area contributed by atoms with E-state index in [1.54, 1.807) is 0 Å². The maximum absolute atomic E-state index is 11.5. The second-order valence-corrected chi connectivity index (χ2v) is 5.36. The number of hydrogen-bond acceptors (Lipinski definition) is 1. The van der Waals surface area contributed by atoms with Crippen LogP contribution in [0.3, 0.4) is 0 Å². The largest absolute Gasteiger partial charge is 0.478 e. The number of carbonyl (C=O) groups is 1. The Kier molecular flexibility index (Phi) is 2.94. The fourth-order valence-corrected chi connectivity index (χ4v) is 2.79. The van der Waals surface area contributed by atoms with Crippen molar-refractivity contribution in [2.75, 3.05) is 0 Å². The van der Waals surface area contributed by atoms with E-state index in [0.717, 1.165) is 22.3 Å². The lowest BCUT2D eigenvalue weighted by atomic mass is 9.96. The van der Waals surface area contributed by atoms with Crippen LogP contribution in [0.2, 0.25) is 0 Å². The predicted octanol–water partition coefficient (Wildman–Crippen LogP) is 3.75. The number of carboxylic acids is 1. The Morgan fingerprint density at radius 1 is 1.00 bits per heavy atom. The van der Waals surface area contributed by atoms with Crippen molar-refractivity contribution in [3.8, 4) is 0 Å². The van der Waals surface area contributed by atoms with E-state index >= 15 is 0 Å². The molecule has 1 aliphatic rings. The highest BCUT2D eigenvalue weighted by Gasteiger charge is 2.26. The van der Waals surface area contributed by atoms with Gasteiger partial charge in [0, 0.05) is 12.0 Å². The molecule has 0 spiro atoms. The Morgan fingerprint density at radius 3 is 2.30 bits per heavy atom. The molecule has 100 valence electrons. The molecule has 2 nitrogen and oxygen atoms in total. The summed E-state index contributed by atoms with van der Waals surface area (Å²) in [5, 5.41) is 9.48. The second-order valence-electron chi connectivity index (χ2n) is 5.36. The monoisotopic (exact) mass is 264 g/mol. The fraction of sp³-hybridized carbons (Fsp3) is 0.167. The molecule has 0 unspecified atom stereocenters. The van der Waals surface area contributed by atoms with Gasteiger partial charge in [0.05, 0.1) is 0 Å². The van der Waals surface area contributed by atoms with E-state index in [-0.39, 0.29) is 0 Å². The van der Waals surface area contributed by atoms with Crippen LogP contribution in [0.1, 0.15) is 27.8 Å². The summed E-state index contributed by atoms with van der Waals surface area (Å²) in [4.78, 5) is 11.5. The smallest absolute Gasteiger partial charge is 0.332 e. The molecule has 1 N–H and O–H groups in total. The highest BCUT2D eigenvalue weighted by Crippen LogP contribution is 2.38. The van der Waals surface area contributed by atoms with Crippen LogP contribution < -0.4 is 0 Å². The average Bonchev–Trinajstić information content (AvgIpc) is 2.78. The highest BCUT2D eigenvalue weighted by atomic mass is 16.4. The van der Waals surface area contributed by atoms with Gasteiger partial charge in [-0.15, -0.1) is 0 Å². The third kappa shape index (κ3) is 2.03. The SMILES string of the molecule is Cc1ccc(C2=C(C(=O)O)Cc3cc(C)ccc32)cc1. The zero-order valence-electron chi connectivity index (χ0n) is 11.6. The maximum Gasteiger partial charge on any atom is 0.332 e. The average molecular weight is 264 g/mol. The summed E-state index contributed by atoms with van der Waals surface area (Å²) < 4.78 is 0. The first kappa shape index (κ1) is 12.7. The van der Waals surface area contributed by atoms with E-state index in [9.17, 15) is 9.90 Å². The molecule has 0 saturated carbocycles. The zero-order valence-corrected chi connectivity index (χ0v) is 11.6. The first-order chi connectivity index (χ1) is 9.56. The molecule has 0 bridgehead atoms. The van der Waals surface area contributed by atoms with Gasteiger partial charge in [0.15, 0.2) is 0 Å². The molecule has 0 amide bonds. The molecule has 0 atom stereocenters. The molecular weight excluding hydrogens is 248 g/mol. The van der Waals surface area contributed by atoms with Crippen molar-refractivity contribution < 1.29 is 9.90 Å². The van der Waals surface area contributed by atoms with Gasteiger partial charge in [-0.25, -0.2) is 4.79 Å². The van der Waals surface area contributed by atoms with E-state index in [0.29, 0.717) is 12.0 Å². The fourth-order valence-electron chi connectivity index (χ4n) is 2.79. The molecule has 20 heavy (non-hydrogen) atoms. The zero-order chi connectivity index (χ0) is 14.3. The summed E-state index contributed by atoms with van der Waals surface area (Å²) in [5.41, 5.74) is 6.85. The molecule has 3 rings (SSSR count). The Bertz CT molecular complexity index is 722. The van der Waals surface area contributed by atoms with Gasteiger partial charge in [0.25, 0.3) is 0 Å².